The molecule has 1 aliphatic carbocycles. The van der Waals surface area contributed by atoms with Crippen LogP contribution in [0.15, 0.2) is 41.3 Å². The van der Waals surface area contributed by atoms with Crippen molar-refractivity contribution in [2.75, 3.05) is 4.72 Å². The van der Waals surface area contributed by atoms with Crippen LogP contribution >= 0.6 is 0 Å². The van der Waals surface area contributed by atoms with Gasteiger partial charge in [0, 0.05) is 11.5 Å². The largest absolute Gasteiger partial charge is 0.481 e. The minimum absolute atomic E-state index is 0.0675. The van der Waals surface area contributed by atoms with Crippen LogP contribution in [0.4, 0.5) is 10.1 Å². The maximum atomic E-state index is 12.7. The van der Waals surface area contributed by atoms with Crippen LogP contribution in [0.2, 0.25) is 0 Å². The lowest BCUT2D eigenvalue weighted by Gasteiger charge is -2.15. The zero-order valence-corrected chi connectivity index (χ0v) is 16.1. The Hall–Kier alpha value is -2.74. The predicted octanol–water partition coefficient (Wildman–Crippen LogP) is 3.41. The molecular formula is C20H20FNO5S. The van der Waals surface area contributed by atoms with E-state index in [-0.39, 0.29) is 22.8 Å². The van der Waals surface area contributed by atoms with Crippen molar-refractivity contribution in [1.82, 2.24) is 0 Å². The van der Waals surface area contributed by atoms with Gasteiger partial charge in [-0.1, -0.05) is 19.1 Å². The molecule has 8 heteroatoms. The molecule has 3 aliphatic rings. The standard InChI is InChI=1S/C14H16O3.C6H4FNO2S/c1-9(7-13(15)16)14(17)12-6-5-10-3-2-4-11(10)8-12;7-5-3-4-1-2-6(5)11(9,10)8-4/h5-6,8-9H,2-4,7H2,1H3,(H,15,16);1-3,8H. The summed E-state index contributed by atoms with van der Waals surface area (Å²) >= 11 is 0. The number of carbonyl (C=O) groups excluding carboxylic acids is 1. The molecule has 2 aromatic carbocycles. The average molecular weight is 405 g/mol. The lowest BCUT2D eigenvalue weighted by molar-refractivity contribution is -0.137. The van der Waals surface area contributed by atoms with Gasteiger partial charge in [0.2, 0.25) is 0 Å². The van der Waals surface area contributed by atoms with Gasteiger partial charge < -0.3 is 5.11 Å². The number of nitrogens with one attached hydrogen (secondary N) is 1. The molecule has 2 N–H and O–H groups in total. The Morgan fingerprint density at radius 1 is 1.14 bits per heavy atom. The summed E-state index contributed by atoms with van der Waals surface area (Å²) < 4.78 is 36.8. The molecule has 0 spiro atoms. The maximum Gasteiger partial charge on any atom is 0.304 e. The SMILES string of the molecule is CC(CC(=O)O)C(=O)c1ccc2c(c1)CCC2.O=S1(=O)Nc2ccc1c(F)c2. The van der Waals surface area contributed by atoms with Crippen molar-refractivity contribution in [3.05, 3.63) is 58.9 Å². The van der Waals surface area contributed by atoms with Gasteiger partial charge in [-0.15, -0.1) is 0 Å². The van der Waals surface area contributed by atoms with Gasteiger partial charge in [-0.3, -0.25) is 14.3 Å². The number of Topliss-reactive ketones (excluding diaryl/α,β-unsaturated/α-hetero) is 1. The van der Waals surface area contributed by atoms with E-state index in [4.69, 9.17) is 5.11 Å². The third kappa shape index (κ3) is 4.22. The number of hydrogen-bond donors (Lipinski definition) is 2. The number of fused-ring (bicyclic) bond motifs is 4. The lowest BCUT2D eigenvalue weighted by atomic mass is 9.94. The second kappa shape index (κ2) is 7.71. The summed E-state index contributed by atoms with van der Waals surface area (Å²) in [6.45, 7) is 1.67. The highest BCUT2D eigenvalue weighted by atomic mass is 32.2. The molecule has 1 atom stereocenters. The van der Waals surface area contributed by atoms with Crippen molar-refractivity contribution in [3.63, 3.8) is 0 Å². The van der Waals surface area contributed by atoms with E-state index < -0.39 is 27.7 Å². The van der Waals surface area contributed by atoms with Crippen molar-refractivity contribution in [2.45, 2.75) is 37.5 Å². The molecule has 0 fully saturated rings. The maximum absolute atomic E-state index is 12.7. The molecule has 0 aromatic heterocycles. The molecule has 2 aromatic rings. The smallest absolute Gasteiger partial charge is 0.304 e. The van der Waals surface area contributed by atoms with E-state index in [2.05, 4.69) is 4.72 Å². The van der Waals surface area contributed by atoms with Gasteiger partial charge in [0.1, 0.15) is 10.7 Å². The van der Waals surface area contributed by atoms with Crippen LogP contribution in [-0.4, -0.2) is 25.3 Å². The molecule has 1 unspecified atom stereocenters. The van der Waals surface area contributed by atoms with Gasteiger partial charge in [0.25, 0.3) is 10.0 Å². The number of hydrogen-bond acceptors (Lipinski definition) is 4. The molecule has 148 valence electrons. The highest BCUT2D eigenvalue weighted by molar-refractivity contribution is 7.92. The number of anilines is 1. The number of benzene rings is 2. The molecule has 2 heterocycles. The Kier molecular flexibility index (Phi) is 5.51. The number of carbonyl (C=O) groups is 2. The molecule has 0 saturated heterocycles. The number of carboxylic acids is 1. The number of carboxylic acid groups (broad SMARTS) is 1. The Morgan fingerprint density at radius 3 is 2.43 bits per heavy atom. The first-order valence-electron chi connectivity index (χ1n) is 8.87. The Labute approximate surface area is 162 Å². The number of sulfonamides is 1. The van der Waals surface area contributed by atoms with Gasteiger partial charge in [0.05, 0.1) is 12.1 Å². The summed E-state index contributed by atoms with van der Waals surface area (Å²) in [6, 6.07) is 9.67. The van der Waals surface area contributed by atoms with Crippen molar-refractivity contribution in [2.24, 2.45) is 5.92 Å². The molecule has 28 heavy (non-hydrogen) atoms. The predicted molar refractivity (Wildman–Crippen MR) is 101 cm³/mol. The third-order valence-corrected chi connectivity index (χ3v) is 6.20. The molecule has 5 rings (SSSR count). The monoisotopic (exact) mass is 405 g/mol. The number of halogens is 1. The van der Waals surface area contributed by atoms with Gasteiger partial charge in [-0.25, -0.2) is 12.8 Å². The fourth-order valence-corrected chi connectivity index (χ4v) is 4.47. The summed E-state index contributed by atoms with van der Waals surface area (Å²) in [5.41, 5.74) is 3.50. The van der Waals surface area contributed by atoms with Gasteiger partial charge in [-0.05, 0) is 54.7 Å². The molecule has 0 amide bonds. The summed E-state index contributed by atoms with van der Waals surface area (Å²) in [4.78, 5) is 22.3. The van der Waals surface area contributed by atoms with Gasteiger partial charge in [-0.2, -0.15) is 0 Å². The third-order valence-electron chi connectivity index (χ3n) is 4.79. The molecule has 6 nitrogen and oxygen atoms in total. The molecule has 2 aliphatic heterocycles. The second-order valence-electron chi connectivity index (χ2n) is 6.95. The topological polar surface area (TPSA) is 101 Å². The molecule has 0 radical (unpaired) electrons. The lowest BCUT2D eigenvalue weighted by Crippen LogP contribution is -2.19. The zero-order valence-electron chi connectivity index (χ0n) is 15.2. The fraction of sp³-hybridized carbons (Fsp3) is 0.300. The van der Waals surface area contributed by atoms with Gasteiger partial charge in [0.15, 0.2) is 5.78 Å². The van der Waals surface area contributed by atoms with Crippen LogP contribution < -0.4 is 4.72 Å². The summed E-state index contributed by atoms with van der Waals surface area (Å²) in [5.74, 6) is -2.14. The van der Waals surface area contributed by atoms with E-state index >= 15 is 0 Å². The van der Waals surface area contributed by atoms with Crippen LogP contribution in [0.1, 0.15) is 41.3 Å². The van der Waals surface area contributed by atoms with Crippen LogP contribution in [0.5, 0.6) is 0 Å². The van der Waals surface area contributed by atoms with E-state index in [1.54, 1.807) is 6.92 Å². The normalized spacial score (nSPS) is 16.4. The van der Waals surface area contributed by atoms with E-state index in [0.29, 0.717) is 5.56 Å². The Morgan fingerprint density at radius 2 is 1.86 bits per heavy atom. The Bertz CT molecular complexity index is 1050. The molecule has 2 bridgehead atoms. The first-order valence-corrected chi connectivity index (χ1v) is 10.4. The van der Waals surface area contributed by atoms with Crippen LogP contribution in [-0.2, 0) is 27.7 Å². The summed E-state index contributed by atoms with van der Waals surface area (Å²) in [5, 5.41) is 8.68. The minimum atomic E-state index is -3.57. The van der Waals surface area contributed by atoms with E-state index in [1.807, 2.05) is 18.2 Å². The van der Waals surface area contributed by atoms with Crippen LogP contribution in [0, 0.1) is 11.7 Å². The highest BCUT2D eigenvalue weighted by Gasteiger charge is 2.24. The van der Waals surface area contributed by atoms with Crippen LogP contribution in [0.3, 0.4) is 0 Å². The summed E-state index contributed by atoms with van der Waals surface area (Å²) in [7, 11) is -3.57. The van der Waals surface area contributed by atoms with Crippen molar-refractivity contribution >= 4 is 27.5 Å². The van der Waals surface area contributed by atoms with E-state index in [1.165, 1.54) is 23.3 Å². The number of ketones is 1. The second-order valence-corrected chi connectivity index (χ2v) is 8.60. The molecular weight excluding hydrogens is 385 g/mol. The van der Waals surface area contributed by atoms with Crippen LogP contribution in [0.25, 0.3) is 0 Å². The van der Waals surface area contributed by atoms with Crippen molar-refractivity contribution in [1.29, 1.82) is 0 Å². The zero-order chi connectivity index (χ0) is 20.5. The van der Waals surface area contributed by atoms with Gasteiger partial charge >= 0.3 is 5.97 Å². The Balaban J connectivity index is 0.000000176. The first kappa shape index (κ1) is 20.0. The fourth-order valence-electron chi connectivity index (χ4n) is 3.36. The first-order chi connectivity index (χ1) is 13.2. The number of aryl methyl sites for hydroxylation is 2. The minimum Gasteiger partial charge on any atom is -0.481 e. The number of aliphatic carboxylic acids is 1. The molecule has 0 saturated carbocycles. The van der Waals surface area contributed by atoms with Crippen molar-refractivity contribution in [3.8, 4) is 0 Å². The summed E-state index contributed by atoms with van der Waals surface area (Å²) in [6.07, 6.45) is 3.17. The van der Waals surface area contributed by atoms with Crippen molar-refractivity contribution < 1.29 is 27.5 Å². The van der Waals surface area contributed by atoms with E-state index in [0.717, 1.165) is 25.3 Å². The average Bonchev–Trinajstić information content (AvgIpc) is 3.07. The quantitative estimate of drug-likeness (QED) is 0.760. The number of rotatable bonds is 4. The van der Waals surface area contributed by atoms with E-state index in [9.17, 15) is 22.4 Å². The highest BCUT2D eigenvalue weighted by Crippen LogP contribution is 2.27.